The van der Waals surface area contributed by atoms with Gasteiger partial charge in [0, 0.05) is 31.4 Å². The van der Waals surface area contributed by atoms with Gasteiger partial charge in [-0.15, -0.1) is 0 Å². The fourth-order valence-electron chi connectivity index (χ4n) is 1.66. The maximum absolute atomic E-state index is 12.3. The van der Waals surface area contributed by atoms with Crippen molar-refractivity contribution in [1.29, 1.82) is 0 Å². The monoisotopic (exact) mass is 293 g/mol. The highest BCUT2D eigenvalue weighted by molar-refractivity contribution is 6.00. The molecule has 21 heavy (non-hydrogen) atoms. The van der Waals surface area contributed by atoms with Crippen LogP contribution in [0.2, 0.25) is 0 Å². The van der Waals surface area contributed by atoms with Crippen LogP contribution in [-0.4, -0.2) is 24.4 Å². The van der Waals surface area contributed by atoms with E-state index in [2.05, 4.69) is 38.3 Å². The van der Waals surface area contributed by atoms with Crippen molar-refractivity contribution in [2.24, 2.45) is 11.3 Å². The second-order valence-corrected chi connectivity index (χ2v) is 6.06. The summed E-state index contributed by atoms with van der Waals surface area (Å²) < 4.78 is 0. The van der Waals surface area contributed by atoms with Crippen molar-refractivity contribution in [3.63, 3.8) is 0 Å². The average molecular weight is 293 g/mol. The number of hydrogen-bond donors (Lipinski definition) is 2. The first kappa shape index (κ1) is 16.9. The zero-order valence-corrected chi connectivity index (χ0v) is 13.2. The normalized spacial score (nSPS) is 11.3. The van der Waals surface area contributed by atoms with E-state index in [1.54, 1.807) is 13.1 Å². The third kappa shape index (κ3) is 4.18. The number of anilines is 1. The van der Waals surface area contributed by atoms with E-state index >= 15 is 0 Å². The summed E-state index contributed by atoms with van der Waals surface area (Å²) in [6.45, 7) is 8.85. The van der Waals surface area contributed by atoms with Gasteiger partial charge in [0.25, 0.3) is 11.6 Å². The summed E-state index contributed by atoms with van der Waals surface area (Å²) in [4.78, 5) is 22.6. The molecule has 0 radical (unpaired) electrons. The number of nitro groups is 1. The van der Waals surface area contributed by atoms with Gasteiger partial charge in [0.1, 0.15) is 0 Å². The predicted octanol–water partition coefficient (Wildman–Crippen LogP) is 3.05. The first-order valence-electron chi connectivity index (χ1n) is 6.93. The molecule has 6 heteroatoms. The summed E-state index contributed by atoms with van der Waals surface area (Å²) in [6, 6.07) is 4.21. The molecule has 0 aromatic heterocycles. The first-order valence-corrected chi connectivity index (χ1v) is 6.93. The standard InChI is InChI=1S/C15H23N3O3/c1-10(2)15(3,4)9-17-14(19)12-8-11(18(20)21)6-7-13(12)16-5/h6-8,10,16H,9H2,1-5H3,(H,17,19). The van der Waals surface area contributed by atoms with Crippen molar-refractivity contribution in [2.45, 2.75) is 27.7 Å². The predicted molar refractivity (Wildman–Crippen MR) is 83.6 cm³/mol. The van der Waals surface area contributed by atoms with Crippen LogP contribution >= 0.6 is 0 Å². The number of benzene rings is 1. The highest BCUT2D eigenvalue weighted by Gasteiger charge is 2.24. The van der Waals surface area contributed by atoms with Crippen LogP contribution in [0.25, 0.3) is 0 Å². The maximum atomic E-state index is 12.3. The summed E-state index contributed by atoms with van der Waals surface area (Å²) in [5.41, 5.74) is 0.713. The van der Waals surface area contributed by atoms with Crippen molar-refractivity contribution < 1.29 is 9.72 Å². The van der Waals surface area contributed by atoms with Gasteiger partial charge in [0.15, 0.2) is 0 Å². The van der Waals surface area contributed by atoms with Gasteiger partial charge in [-0.2, -0.15) is 0 Å². The second-order valence-electron chi connectivity index (χ2n) is 6.06. The number of hydrogen-bond acceptors (Lipinski definition) is 4. The lowest BCUT2D eigenvalue weighted by atomic mass is 9.81. The molecule has 6 nitrogen and oxygen atoms in total. The van der Waals surface area contributed by atoms with Gasteiger partial charge in [-0.1, -0.05) is 27.7 Å². The molecule has 2 N–H and O–H groups in total. The quantitative estimate of drug-likeness (QED) is 0.623. The van der Waals surface area contributed by atoms with Crippen molar-refractivity contribution in [2.75, 3.05) is 18.9 Å². The molecule has 0 aliphatic rings. The Kier molecular flexibility index (Phi) is 5.29. The van der Waals surface area contributed by atoms with Gasteiger partial charge < -0.3 is 10.6 Å². The Morgan fingerprint density at radius 1 is 1.38 bits per heavy atom. The number of carbonyl (C=O) groups excluding carboxylic acids is 1. The van der Waals surface area contributed by atoms with E-state index < -0.39 is 4.92 Å². The van der Waals surface area contributed by atoms with Crippen LogP contribution in [0.4, 0.5) is 11.4 Å². The molecule has 1 aromatic rings. The summed E-state index contributed by atoms with van der Waals surface area (Å²) >= 11 is 0. The smallest absolute Gasteiger partial charge is 0.270 e. The van der Waals surface area contributed by atoms with Crippen molar-refractivity contribution >= 4 is 17.3 Å². The molecule has 0 unspecified atom stereocenters. The first-order chi connectivity index (χ1) is 9.69. The Bertz CT molecular complexity index is 539. The summed E-state index contributed by atoms with van der Waals surface area (Å²) in [5.74, 6) is 0.100. The molecule has 116 valence electrons. The summed E-state index contributed by atoms with van der Waals surface area (Å²) in [6.07, 6.45) is 0. The number of nitrogens with zero attached hydrogens (tertiary/aromatic N) is 1. The number of rotatable bonds is 6. The zero-order valence-electron chi connectivity index (χ0n) is 13.2. The molecule has 1 amide bonds. The van der Waals surface area contributed by atoms with E-state index in [1.807, 2.05) is 0 Å². The van der Waals surface area contributed by atoms with Crippen LogP contribution in [-0.2, 0) is 0 Å². The van der Waals surface area contributed by atoms with Crippen LogP contribution < -0.4 is 10.6 Å². The molecule has 0 aliphatic carbocycles. The second kappa shape index (κ2) is 6.56. The molecular formula is C15H23N3O3. The lowest BCUT2D eigenvalue weighted by molar-refractivity contribution is -0.384. The average Bonchev–Trinajstić information content (AvgIpc) is 2.43. The minimum atomic E-state index is -0.506. The van der Waals surface area contributed by atoms with Gasteiger partial charge in [0.2, 0.25) is 0 Å². The molecule has 0 saturated heterocycles. The molecule has 1 aromatic carbocycles. The minimum Gasteiger partial charge on any atom is -0.387 e. The van der Waals surface area contributed by atoms with Crippen LogP contribution in [0.3, 0.4) is 0 Å². The largest absolute Gasteiger partial charge is 0.387 e. The molecule has 0 spiro atoms. The molecular weight excluding hydrogens is 270 g/mol. The van der Waals surface area contributed by atoms with Crippen LogP contribution in [0.15, 0.2) is 18.2 Å². The molecule has 0 fully saturated rings. The molecule has 0 saturated carbocycles. The van der Waals surface area contributed by atoms with Crippen LogP contribution in [0.5, 0.6) is 0 Å². The summed E-state index contributed by atoms with van der Waals surface area (Å²) in [5, 5.41) is 16.6. The van der Waals surface area contributed by atoms with E-state index in [9.17, 15) is 14.9 Å². The van der Waals surface area contributed by atoms with E-state index in [0.29, 0.717) is 18.2 Å². The van der Waals surface area contributed by atoms with E-state index in [0.717, 1.165) is 0 Å². The van der Waals surface area contributed by atoms with Crippen molar-refractivity contribution in [3.05, 3.63) is 33.9 Å². The van der Waals surface area contributed by atoms with Crippen molar-refractivity contribution in [1.82, 2.24) is 5.32 Å². The van der Waals surface area contributed by atoms with Gasteiger partial charge in [0.05, 0.1) is 10.5 Å². The Balaban J connectivity index is 2.96. The number of nitro benzene ring substituents is 1. The Labute approximate surface area is 125 Å². The van der Waals surface area contributed by atoms with E-state index in [1.165, 1.54) is 12.1 Å². The van der Waals surface area contributed by atoms with E-state index in [4.69, 9.17) is 0 Å². The topological polar surface area (TPSA) is 84.3 Å². The Morgan fingerprint density at radius 3 is 2.48 bits per heavy atom. The number of amides is 1. The number of non-ortho nitro benzene ring substituents is 1. The third-order valence-corrected chi connectivity index (χ3v) is 4.00. The highest BCUT2D eigenvalue weighted by atomic mass is 16.6. The lowest BCUT2D eigenvalue weighted by Gasteiger charge is -2.29. The molecule has 0 bridgehead atoms. The molecule has 1 rings (SSSR count). The molecule has 0 heterocycles. The molecule has 0 atom stereocenters. The lowest BCUT2D eigenvalue weighted by Crippen LogP contribution is -2.37. The maximum Gasteiger partial charge on any atom is 0.270 e. The third-order valence-electron chi connectivity index (χ3n) is 4.00. The number of nitrogens with one attached hydrogen (secondary N) is 2. The Hall–Kier alpha value is -2.11. The highest BCUT2D eigenvalue weighted by Crippen LogP contribution is 2.26. The zero-order chi connectivity index (χ0) is 16.2. The van der Waals surface area contributed by atoms with Gasteiger partial charge >= 0.3 is 0 Å². The van der Waals surface area contributed by atoms with Crippen LogP contribution in [0.1, 0.15) is 38.1 Å². The van der Waals surface area contributed by atoms with Gasteiger partial charge in [-0.25, -0.2) is 0 Å². The van der Waals surface area contributed by atoms with E-state index in [-0.39, 0.29) is 22.6 Å². The fourth-order valence-corrected chi connectivity index (χ4v) is 1.66. The summed E-state index contributed by atoms with van der Waals surface area (Å²) in [7, 11) is 1.68. The SMILES string of the molecule is CNc1ccc([N+](=O)[O-])cc1C(=O)NCC(C)(C)C(C)C. The van der Waals surface area contributed by atoms with Gasteiger partial charge in [-0.05, 0) is 17.4 Å². The van der Waals surface area contributed by atoms with Crippen LogP contribution in [0, 0.1) is 21.4 Å². The van der Waals surface area contributed by atoms with Gasteiger partial charge in [-0.3, -0.25) is 14.9 Å². The van der Waals surface area contributed by atoms with Crippen molar-refractivity contribution in [3.8, 4) is 0 Å². The minimum absolute atomic E-state index is 0.0455. The Morgan fingerprint density at radius 2 is 2.00 bits per heavy atom. The fraction of sp³-hybridized carbons (Fsp3) is 0.533. The number of carbonyl (C=O) groups is 1. The molecule has 0 aliphatic heterocycles.